The molecule has 0 saturated heterocycles. The zero-order valence-corrected chi connectivity index (χ0v) is 17.3. The number of rotatable bonds is 5. The fourth-order valence-electron chi connectivity index (χ4n) is 2.54. The monoisotopic (exact) mass is 433 g/mol. The Balaban J connectivity index is 1.72. The van der Waals surface area contributed by atoms with Crippen molar-refractivity contribution in [2.24, 2.45) is 0 Å². The van der Waals surface area contributed by atoms with Gasteiger partial charge in [-0.1, -0.05) is 63.7 Å². The van der Waals surface area contributed by atoms with Crippen molar-refractivity contribution in [1.29, 1.82) is 0 Å². The first-order valence-electron chi connectivity index (χ1n) is 8.00. The molecule has 9 heteroatoms. The van der Waals surface area contributed by atoms with Crippen LogP contribution in [0.2, 0.25) is 10.0 Å². The molecule has 2 aromatic heterocycles. The van der Waals surface area contributed by atoms with Gasteiger partial charge >= 0.3 is 0 Å². The highest BCUT2D eigenvalue weighted by molar-refractivity contribution is 7.98. The highest BCUT2D eigenvalue weighted by Crippen LogP contribution is 2.33. The molecule has 27 heavy (non-hydrogen) atoms. The minimum absolute atomic E-state index is 0.622. The number of nitrogens with zero attached hydrogens (tertiary/aromatic N) is 5. The van der Waals surface area contributed by atoms with E-state index in [1.807, 2.05) is 54.0 Å². The summed E-state index contributed by atoms with van der Waals surface area (Å²) in [6, 6.07) is 15.5. The van der Waals surface area contributed by atoms with E-state index in [-0.39, 0.29) is 0 Å². The molecular formula is C18H13Cl2N5S2. The standard InChI is InChI=1S/C18H13Cl2N5S2/c1-11-16(27-24-21-11)17-22-23-18(25(17)14-5-3-2-4-6-14)26-10-12-7-8-13(19)9-15(12)20/h2-9H,10H2,1H3. The van der Waals surface area contributed by atoms with E-state index in [0.717, 1.165) is 32.8 Å². The summed E-state index contributed by atoms with van der Waals surface area (Å²) in [5.41, 5.74) is 2.81. The molecule has 2 heterocycles. The molecule has 0 amide bonds. The summed E-state index contributed by atoms with van der Waals surface area (Å²) in [7, 11) is 0. The van der Waals surface area contributed by atoms with E-state index in [9.17, 15) is 0 Å². The van der Waals surface area contributed by atoms with Gasteiger partial charge in [-0.25, -0.2) is 0 Å². The fraction of sp³-hybridized carbons (Fsp3) is 0.111. The number of halogens is 2. The van der Waals surface area contributed by atoms with E-state index in [2.05, 4.69) is 19.8 Å². The van der Waals surface area contributed by atoms with Gasteiger partial charge in [-0.05, 0) is 48.3 Å². The largest absolute Gasteiger partial charge is 0.269 e. The topological polar surface area (TPSA) is 56.5 Å². The first kappa shape index (κ1) is 18.4. The van der Waals surface area contributed by atoms with Crippen LogP contribution in [0, 0.1) is 6.92 Å². The number of hydrogen-bond acceptors (Lipinski definition) is 6. The summed E-state index contributed by atoms with van der Waals surface area (Å²) < 4.78 is 6.05. The van der Waals surface area contributed by atoms with Crippen molar-refractivity contribution in [3.8, 4) is 16.4 Å². The lowest BCUT2D eigenvalue weighted by Gasteiger charge is -2.10. The third-order valence-electron chi connectivity index (χ3n) is 3.87. The highest BCUT2D eigenvalue weighted by atomic mass is 35.5. The summed E-state index contributed by atoms with van der Waals surface area (Å²) in [5, 5.41) is 15.0. The molecule has 0 bridgehead atoms. The quantitative estimate of drug-likeness (QED) is 0.378. The number of benzene rings is 2. The molecule has 136 valence electrons. The number of thioether (sulfide) groups is 1. The average Bonchev–Trinajstić information content (AvgIpc) is 3.27. The number of hydrogen-bond donors (Lipinski definition) is 0. The lowest BCUT2D eigenvalue weighted by molar-refractivity contribution is 0.886. The van der Waals surface area contributed by atoms with Gasteiger partial charge in [-0.2, -0.15) is 0 Å². The second-order valence-corrected chi connectivity index (χ2v) is 8.23. The van der Waals surface area contributed by atoms with Crippen molar-refractivity contribution in [3.05, 3.63) is 69.8 Å². The lowest BCUT2D eigenvalue weighted by Crippen LogP contribution is -1.99. The Bertz CT molecular complexity index is 1080. The smallest absolute Gasteiger partial charge is 0.196 e. The molecule has 0 aliphatic carbocycles. The van der Waals surface area contributed by atoms with Gasteiger partial charge in [0.1, 0.15) is 4.88 Å². The van der Waals surface area contributed by atoms with Crippen LogP contribution in [0.25, 0.3) is 16.4 Å². The zero-order chi connectivity index (χ0) is 18.8. The van der Waals surface area contributed by atoms with Gasteiger partial charge in [0.15, 0.2) is 11.0 Å². The Morgan fingerprint density at radius 3 is 2.56 bits per heavy atom. The van der Waals surface area contributed by atoms with Crippen molar-refractivity contribution in [2.75, 3.05) is 0 Å². The molecule has 0 unspecified atom stereocenters. The third-order valence-corrected chi connectivity index (χ3v) is 6.26. The number of aromatic nitrogens is 5. The van der Waals surface area contributed by atoms with Crippen molar-refractivity contribution in [2.45, 2.75) is 17.8 Å². The van der Waals surface area contributed by atoms with Crippen molar-refractivity contribution >= 4 is 46.5 Å². The molecule has 0 N–H and O–H groups in total. The van der Waals surface area contributed by atoms with Gasteiger partial charge < -0.3 is 0 Å². The van der Waals surface area contributed by atoms with Crippen molar-refractivity contribution in [3.63, 3.8) is 0 Å². The maximum absolute atomic E-state index is 6.30. The zero-order valence-electron chi connectivity index (χ0n) is 14.1. The van der Waals surface area contributed by atoms with E-state index in [0.29, 0.717) is 15.8 Å². The number of para-hydroxylation sites is 1. The maximum Gasteiger partial charge on any atom is 0.196 e. The van der Waals surface area contributed by atoms with E-state index >= 15 is 0 Å². The summed E-state index contributed by atoms with van der Waals surface area (Å²) >= 11 is 15.2. The molecule has 0 radical (unpaired) electrons. The minimum atomic E-state index is 0.622. The Morgan fingerprint density at radius 2 is 1.85 bits per heavy atom. The van der Waals surface area contributed by atoms with Crippen molar-refractivity contribution < 1.29 is 0 Å². The predicted molar refractivity (Wildman–Crippen MR) is 111 cm³/mol. The van der Waals surface area contributed by atoms with Gasteiger partial charge in [-0.15, -0.1) is 15.3 Å². The predicted octanol–water partition coefficient (Wildman–Crippen LogP) is 5.69. The van der Waals surface area contributed by atoms with E-state index < -0.39 is 0 Å². The van der Waals surface area contributed by atoms with Crippen LogP contribution in [0.4, 0.5) is 0 Å². The Hall–Kier alpha value is -1.93. The Kier molecular flexibility index (Phi) is 5.45. The van der Waals surface area contributed by atoms with Gasteiger partial charge in [0.25, 0.3) is 0 Å². The average molecular weight is 434 g/mol. The molecule has 4 aromatic rings. The third kappa shape index (κ3) is 3.87. The molecule has 0 aliphatic heterocycles. The molecule has 4 rings (SSSR count). The van der Waals surface area contributed by atoms with Crippen LogP contribution in [0.15, 0.2) is 53.7 Å². The van der Waals surface area contributed by atoms with Crippen LogP contribution >= 0.6 is 46.5 Å². The SMILES string of the molecule is Cc1nnsc1-c1nnc(SCc2ccc(Cl)cc2Cl)n1-c1ccccc1. The van der Waals surface area contributed by atoms with Gasteiger partial charge in [0, 0.05) is 21.5 Å². The summed E-state index contributed by atoms with van der Waals surface area (Å²) in [6.07, 6.45) is 0. The van der Waals surface area contributed by atoms with E-state index in [1.165, 1.54) is 11.5 Å². The normalized spacial score (nSPS) is 11.1. The second kappa shape index (κ2) is 7.98. The summed E-state index contributed by atoms with van der Waals surface area (Å²) in [4.78, 5) is 0.905. The molecule has 0 saturated carbocycles. The lowest BCUT2D eigenvalue weighted by atomic mass is 10.2. The van der Waals surface area contributed by atoms with Crippen LogP contribution < -0.4 is 0 Å². The van der Waals surface area contributed by atoms with Gasteiger partial charge in [-0.3, -0.25) is 4.57 Å². The molecule has 0 fully saturated rings. The van der Waals surface area contributed by atoms with Crippen molar-refractivity contribution in [1.82, 2.24) is 24.4 Å². The van der Waals surface area contributed by atoms with Crippen LogP contribution in [0.5, 0.6) is 0 Å². The van der Waals surface area contributed by atoms with Crippen LogP contribution in [-0.4, -0.2) is 24.4 Å². The maximum atomic E-state index is 6.30. The van der Waals surface area contributed by atoms with Crippen LogP contribution in [-0.2, 0) is 5.75 Å². The molecule has 0 aliphatic rings. The van der Waals surface area contributed by atoms with Gasteiger partial charge in [0.2, 0.25) is 0 Å². The highest BCUT2D eigenvalue weighted by Gasteiger charge is 2.20. The number of aryl methyl sites for hydroxylation is 1. The Morgan fingerprint density at radius 1 is 1.04 bits per heavy atom. The molecule has 5 nitrogen and oxygen atoms in total. The molecule has 0 spiro atoms. The first-order chi connectivity index (χ1) is 13.1. The molecule has 2 aromatic carbocycles. The van der Waals surface area contributed by atoms with E-state index in [1.54, 1.807) is 17.8 Å². The second-order valence-electron chi connectivity index (χ2n) is 5.69. The van der Waals surface area contributed by atoms with Crippen LogP contribution in [0.1, 0.15) is 11.3 Å². The Labute approximate surface area is 174 Å². The molecular weight excluding hydrogens is 421 g/mol. The minimum Gasteiger partial charge on any atom is -0.269 e. The van der Waals surface area contributed by atoms with Crippen LogP contribution in [0.3, 0.4) is 0 Å². The summed E-state index contributed by atoms with van der Waals surface area (Å²) in [5.74, 6) is 1.39. The summed E-state index contributed by atoms with van der Waals surface area (Å²) in [6.45, 7) is 1.92. The first-order valence-corrected chi connectivity index (χ1v) is 10.5. The van der Waals surface area contributed by atoms with Gasteiger partial charge in [0.05, 0.1) is 5.69 Å². The fourth-order valence-corrected chi connectivity index (χ4v) is 4.68. The van der Waals surface area contributed by atoms with E-state index in [4.69, 9.17) is 23.2 Å². The molecule has 0 atom stereocenters.